The molecule has 0 fully saturated rings. The quantitative estimate of drug-likeness (QED) is 0.717. The highest BCUT2D eigenvalue weighted by Crippen LogP contribution is 2.15. The van der Waals surface area contributed by atoms with Crippen LogP contribution in [0.4, 0.5) is 4.79 Å². The number of amides is 2. The van der Waals surface area contributed by atoms with E-state index in [1.807, 2.05) is 50.5 Å². The maximum absolute atomic E-state index is 12.5. The van der Waals surface area contributed by atoms with Gasteiger partial charge in [0.2, 0.25) is 0 Å². The van der Waals surface area contributed by atoms with Crippen molar-refractivity contribution in [2.45, 2.75) is 25.6 Å². The fourth-order valence-corrected chi connectivity index (χ4v) is 2.58. The van der Waals surface area contributed by atoms with Crippen LogP contribution < -0.4 is 10.6 Å². The largest absolute Gasteiger partial charge is 0.332 e. The molecule has 1 aromatic carbocycles. The van der Waals surface area contributed by atoms with E-state index in [2.05, 4.69) is 25.8 Å². The van der Waals surface area contributed by atoms with E-state index in [1.165, 1.54) is 6.33 Å². The van der Waals surface area contributed by atoms with Crippen molar-refractivity contribution in [2.75, 3.05) is 0 Å². The van der Waals surface area contributed by atoms with Crippen molar-refractivity contribution in [3.05, 3.63) is 66.5 Å². The van der Waals surface area contributed by atoms with E-state index >= 15 is 0 Å². The normalized spacial score (nSPS) is 13.2. The highest BCUT2D eigenvalue weighted by molar-refractivity contribution is 5.75. The minimum absolute atomic E-state index is 0.142. The number of aromatic nitrogens is 5. The summed E-state index contributed by atoms with van der Waals surface area (Å²) in [5, 5.41) is 14.2. The molecule has 0 saturated carbocycles. The molecule has 0 saturated heterocycles. The van der Waals surface area contributed by atoms with Crippen molar-refractivity contribution in [3.8, 4) is 0 Å². The third-order valence-corrected chi connectivity index (χ3v) is 3.92. The van der Waals surface area contributed by atoms with E-state index in [4.69, 9.17) is 0 Å². The minimum Gasteiger partial charge on any atom is -0.332 e. The molecule has 2 heterocycles. The van der Waals surface area contributed by atoms with Crippen LogP contribution in [0.1, 0.15) is 30.1 Å². The number of benzene rings is 1. The molecule has 0 unspecified atom stereocenters. The molecule has 0 aliphatic carbocycles. The lowest BCUT2D eigenvalue weighted by Gasteiger charge is -2.21. The Morgan fingerprint density at radius 3 is 2.60 bits per heavy atom. The number of carbonyl (C=O) groups is 1. The van der Waals surface area contributed by atoms with Crippen molar-refractivity contribution in [1.29, 1.82) is 0 Å². The average Bonchev–Trinajstić information content (AvgIpc) is 3.26. The van der Waals surface area contributed by atoms with Gasteiger partial charge in [0.25, 0.3) is 0 Å². The van der Waals surface area contributed by atoms with E-state index in [9.17, 15) is 4.79 Å². The number of urea groups is 1. The van der Waals surface area contributed by atoms with Gasteiger partial charge in [-0.1, -0.05) is 30.3 Å². The maximum atomic E-state index is 12.5. The second-order valence-corrected chi connectivity index (χ2v) is 5.87. The number of hydrogen-bond acceptors (Lipinski definition) is 4. The lowest BCUT2D eigenvalue weighted by atomic mass is 10.1. The number of rotatable bonds is 6. The van der Waals surface area contributed by atoms with Gasteiger partial charge < -0.3 is 10.6 Å². The Hall–Kier alpha value is -3.16. The highest BCUT2D eigenvalue weighted by atomic mass is 16.2. The number of nitrogens with one attached hydrogen (secondary N) is 2. The van der Waals surface area contributed by atoms with E-state index in [1.54, 1.807) is 21.9 Å². The van der Waals surface area contributed by atoms with E-state index in [-0.39, 0.29) is 18.1 Å². The van der Waals surface area contributed by atoms with E-state index < -0.39 is 0 Å². The van der Waals surface area contributed by atoms with Gasteiger partial charge in [0.05, 0.1) is 24.8 Å². The molecule has 130 valence electrons. The fourth-order valence-electron chi connectivity index (χ4n) is 2.58. The van der Waals surface area contributed by atoms with Crippen LogP contribution in [0.5, 0.6) is 0 Å². The maximum Gasteiger partial charge on any atom is 0.315 e. The first-order chi connectivity index (χ1) is 12.1. The molecular formula is C17H21N7O. The van der Waals surface area contributed by atoms with Gasteiger partial charge in [-0.05, 0) is 12.5 Å². The lowest BCUT2D eigenvalue weighted by Crippen LogP contribution is -2.40. The fraction of sp³-hybridized carbons (Fsp3) is 0.294. The molecule has 3 aromatic rings. The Kier molecular flexibility index (Phi) is 5.08. The van der Waals surface area contributed by atoms with Crippen LogP contribution in [-0.4, -0.2) is 30.6 Å². The second-order valence-electron chi connectivity index (χ2n) is 5.87. The molecule has 0 bridgehead atoms. The standard InChI is InChI=1S/C17H21N7O/c1-13(15-8-19-23(2)9-15)21-17(25)22-16(10-24-12-18-11-20-24)14-6-4-3-5-7-14/h3-9,11-13,16H,10H2,1-2H3,(H2,21,22,25)/t13-,16+/m0/s1. The summed E-state index contributed by atoms with van der Waals surface area (Å²) in [7, 11) is 1.85. The number of nitrogens with zero attached hydrogens (tertiary/aromatic N) is 5. The molecule has 0 spiro atoms. The van der Waals surface area contributed by atoms with Gasteiger partial charge in [-0.2, -0.15) is 10.2 Å². The first kappa shape index (κ1) is 16.7. The van der Waals surface area contributed by atoms with Crippen LogP contribution in [0.3, 0.4) is 0 Å². The minimum atomic E-state index is -0.245. The summed E-state index contributed by atoms with van der Waals surface area (Å²) in [5.41, 5.74) is 1.95. The molecule has 2 atom stereocenters. The topological polar surface area (TPSA) is 89.7 Å². The van der Waals surface area contributed by atoms with Gasteiger partial charge in [-0.3, -0.25) is 9.36 Å². The zero-order valence-corrected chi connectivity index (χ0v) is 14.2. The van der Waals surface area contributed by atoms with Crippen molar-refractivity contribution >= 4 is 6.03 Å². The number of carbonyl (C=O) groups excluding carboxylic acids is 1. The van der Waals surface area contributed by atoms with Crippen LogP contribution in [0.15, 0.2) is 55.4 Å². The van der Waals surface area contributed by atoms with Crippen molar-refractivity contribution in [3.63, 3.8) is 0 Å². The summed E-state index contributed by atoms with van der Waals surface area (Å²) in [6.07, 6.45) is 6.74. The summed E-state index contributed by atoms with van der Waals surface area (Å²) < 4.78 is 3.41. The van der Waals surface area contributed by atoms with Crippen LogP contribution in [-0.2, 0) is 13.6 Å². The highest BCUT2D eigenvalue weighted by Gasteiger charge is 2.17. The van der Waals surface area contributed by atoms with Crippen molar-refractivity contribution in [2.24, 2.45) is 7.05 Å². The zero-order valence-electron chi connectivity index (χ0n) is 14.2. The van der Waals surface area contributed by atoms with Gasteiger partial charge in [-0.25, -0.2) is 9.78 Å². The molecule has 0 aliphatic heterocycles. The van der Waals surface area contributed by atoms with Gasteiger partial charge in [0.1, 0.15) is 12.7 Å². The molecule has 0 aliphatic rings. The third-order valence-electron chi connectivity index (χ3n) is 3.92. The number of hydrogen-bond donors (Lipinski definition) is 2. The van der Waals surface area contributed by atoms with Gasteiger partial charge in [0.15, 0.2) is 0 Å². The average molecular weight is 339 g/mol. The Balaban J connectivity index is 1.67. The zero-order chi connectivity index (χ0) is 17.6. The summed E-state index contributed by atoms with van der Waals surface area (Å²) in [6.45, 7) is 2.42. The SMILES string of the molecule is C[C@H](NC(=O)N[C@H](Cn1cncn1)c1ccccc1)c1cnn(C)c1. The smallest absolute Gasteiger partial charge is 0.315 e. The van der Waals surface area contributed by atoms with Crippen LogP contribution in [0, 0.1) is 0 Å². The van der Waals surface area contributed by atoms with E-state index in [0.717, 1.165) is 11.1 Å². The Labute approximate surface area is 145 Å². The molecule has 2 N–H and O–H groups in total. The Bertz CT molecular complexity index is 798. The molecule has 8 nitrogen and oxygen atoms in total. The summed E-state index contributed by atoms with van der Waals surface area (Å²) in [6, 6.07) is 9.19. The van der Waals surface area contributed by atoms with Crippen molar-refractivity contribution in [1.82, 2.24) is 35.2 Å². The van der Waals surface area contributed by atoms with E-state index in [0.29, 0.717) is 6.54 Å². The predicted molar refractivity (Wildman–Crippen MR) is 92.5 cm³/mol. The molecule has 3 rings (SSSR count). The Morgan fingerprint density at radius 2 is 1.96 bits per heavy atom. The van der Waals surface area contributed by atoms with Crippen LogP contribution in [0.25, 0.3) is 0 Å². The van der Waals surface area contributed by atoms with Gasteiger partial charge in [0, 0.05) is 18.8 Å². The molecule has 2 aromatic heterocycles. The van der Waals surface area contributed by atoms with Crippen molar-refractivity contribution < 1.29 is 4.79 Å². The van der Waals surface area contributed by atoms with Crippen LogP contribution in [0.2, 0.25) is 0 Å². The Morgan fingerprint density at radius 1 is 1.16 bits per heavy atom. The number of aryl methyl sites for hydroxylation is 1. The molecule has 25 heavy (non-hydrogen) atoms. The molecular weight excluding hydrogens is 318 g/mol. The summed E-state index contributed by atoms with van der Waals surface area (Å²) in [4.78, 5) is 16.4. The second kappa shape index (κ2) is 7.61. The van der Waals surface area contributed by atoms with Gasteiger partial charge in [-0.15, -0.1) is 0 Å². The molecule has 2 amide bonds. The van der Waals surface area contributed by atoms with Gasteiger partial charge >= 0.3 is 6.03 Å². The summed E-state index contributed by atoms with van der Waals surface area (Å²) >= 11 is 0. The monoisotopic (exact) mass is 339 g/mol. The lowest BCUT2D eigenvalue weighted by molar-refractivity contribution is 0.232. The molecule has 0 radical (unpaired) electrons. The predicted octanol–water partition coefficient (Wildman–Crippen LogP) is 1.81. The molecule has 8 heteroatoms. The first-order valence-corrected chi connectivity index (χ1v) is 8.05. The summed E-state index contributed by atoms with van der Waals surface area (Å²) in [5.74, 6) is 0. The van der Waals surface area contributed by atoms with Crippen LogP contribution >= 0.6 is 0 Å². The third kappa shape index (κ3) is 4.43. The first-order valence-electron chi connectivity index (χ1n) is 8.05.